The van der Waals surface area contributed by atoms with Gasteiger partial charge in [0, 0.05) is 12.0 Å². The summed E-state index contributed by atoms with van der Waals surface area (Å²) in [7, 11) is 0. The molecule has 5 nitrogen and oxygen atoms in total. The van der Waals surface area contributed by atoms with E-state index in [4.69, 9.17) is 21.1 Å². The Kier molecular flexibility index (Phi) is 2.62. The first-order valence-corrected chi connectivity index (χ1v) is 4.74. The Morgan fingerprint density at radius 3 is 2.67 bits per heavy atom. The molecule has 0 atom stereocenters. The van der Waals surface area contributed by atoms with E-state index in [1.54, 1.807) is 12.1 Å². The predicted molar refractivity (Wildman–Crippen MR) is 57.0 cm³/mol. The molecule has 1 aliphatic heterocycles. The molecule has 0 saturated heterocycles. The standard InChI is InChI=1S/C10H13N3O2/c11-10(13-12)7-2-3-8-9(6-7)15-5-1-4-14-8/h2-3,6H,1,4-5,12H2,(H2,11,13). The summed E-state index contributed by atoms with van der Waals surface area (Å²) in [6.07, 6.45) is 0.879. The van der Waals surface area contributed by atoms with Crippen molar-refractivity contribution in [2.45, 2.75) is 6.42 Å². The van der Waals surface area contributed by atoms with Gasteiger partial charge in [-0.1, -0.05) is 0 Å². The number of rotatable bonds is 1. The summed E-state index contributed by atoms with van der Waals surface area (Å²) >= 11 is 0. The zero-order valence-corrected chi connectivity index (χ0v) is 8.27. The van der Waals surface area contributed by atoms with Gasteiger partial charge in [-0.15, -0.1) is 0 Å². The van der Waals surface area contributed by atoms with Crippen molar-refractivity contribution < 1.29 is 9.47 Å². The number of nitrogens with zero attached hydrogens (tertiary/aromatic N) is 1. The van der Waals surface area contributed by atoms with E-state index in [1.807, 2.05) is 6.07 Å². The number of hydrogen-bond donors (Lipinski definition) is 2. The maximum absolute atomic E-state index is 5.60. The molecule has 0 fully saturated rings. The van der Waals surface area contributed by atoms with Gasteiger partial charge >= 0.3 is 0 Å². The zero-order valence-electron chi connectivity index (χ0n) is 8.27. The summed E-state index contributed by atoms with van der Waals surface area (Å²) in [6.45, 7) is 1.32. The Hall–Kier alpha value is -1.91. The summed E-state index contributed by atoms with van der Waals surface area (Å²) in [5.41, 5.74) is 6.33. The van der Waals surface area contributed by atoms with Gasteiger partial charge in [0.1, 0.15) is 5.84 Å². The van der Waals surface area contributed by atoms with Gasteiger partial charge in [0.15, 0.2) is 11.5 Å². The maximum atomic E-state index is 5.60. The van der Waals surface area contributed by atoms with Crippen molar-refractivity contribution in [3.05, 3.63) is 23.8 Å². The Balaban J connectivity index is 2.36. The van der Waals surface area contributed by atoms with Crippen LogP contribution < -0.4 is 21.1 Å². The summed E-state index contributed by atoms with van der Waals surface area (Å²) in [5, 5.41) is 3.43. The van der Waals surface area contributed by atoms with E-state index in [1.165, 1.54) is 0 Å². The molecule has 0 aliphatic carbocycles. The lowest BCUT2D eigenvalue weighted by molar-refractivity contribution is 0.297. The van der Waals surface area contributed by atoms with E-state index < -0.39 is 0 Å². The summed E-state index contributed by atoms with van der Waals surface area (Å²) in [6, 6.07) is 5.40. The van der Waals surface area contributed by atoms with Crippen molar-refractivity contribution in [3.63, 3.8) is 0 Å². The molecule has 1 aliphatic rings. The van der Waals surface area contributed by atoms with Crippen LogP contribution in [0.3, 0.4) is 0 Å². The highest BCUT2D eigenvalue weighted by Crippen LogP contribution is 2.30. The molecule has 0 saturated carbocycles. The molecule has 0 aromatic heterocycles. The van der Waals surface area contributed by atoms with Gasteiger partial charge in [-0.2, -0.15) is 5.10 Å². The second-order valence-corrected chi connectivity index (χ2v) is 3.23. The minimum Gasteiger partial charge on any atom is -0.490 e. The molecular formula is C10H13N3O2. The van der Waals surface area contributed by atoms with Gasteiger partial charge in [0.05, 0.1) is 13.2 Å². The van der Waals surface area contributed by atoms with Crippen molar-refractivity contribution in [2.75, 3.05) is 13.2 Å². The van der Waals surface area contributed by atoms with Crippen LogP contribution in [0.4, 0.5) is 0 Å². The lowest BCUT2D eigenvalue weighted by atomic mass is 10.2. The van der Waals surface area contributed by atoms with Crippen molar-refractivity contribution in [3.8, 4) is 11.5 Å². The maximum Gasteiger partial charge on any atom is 0.161 e. The van der Waals surface area contributed by atoms with Crippen LogP contribution in [0, 0.1) is 0 Å². The lowest BCUT2D eigenvalue weighted by Gasteiger charge is -2.08. The lowest BCUT2D eigenvalue weighted by Crippen LogP contribution is -2.15. The largest absolute Gasteiger partial charge is 0.490 e. The van der Waals surface area contributed by atoms with Crippen LogP contribution in [0.15, 0.2) is 23.3 Å². The van der Waals surface area contributed by atoms with Crippen molar-refractivity contribution >= 4 is 5.84 Å². The van der Waals surface area contributed by atoms with E-state index >= 15 is 0 Å². The topological polar surface area (TPSA) is 82.9 Å². The minimum absolute atomic E-state index is 0.283. The molecule has 0 spiro atoms. The monoisotopic (exact) mass is 207 g/mol. The molecule has 0 radical (unpaired) electrons. The van der Waals surface area contributed by atoms with Crippen molar-refractivity contribution in [1.29, 1.82) is 0 Å². The second kappa shape index (κ2) is 4.08. The Labute approximate surface area is 87.7 Å². The Morgan fingerprint density at radius 2 is 1.93 bits per heavy atom. The molecule has 2 rings (SSSR count). The first-order valence-electron chi connectivity index (χ1n) is 4.74. The van der Waals surface area contributed by atoms with E-state index in [-0.39, 0.29) is 5.84 Å². The molecule has 1 heterocycles. The number of hydrazone groups is 1. The highest BCUT2D eigenvalue weighted by molar-refractivity contribution is 5.97. The smallest absolute Gasteiger partial charge is 0.161 e. The predicted octanol–water partition coefficient (Wildman–Crippen LogP) is 0.427. The van der Waals surface area contributed by atoms with Crippen LogP contribution in [0.1, 0.15) is 12.0 Å². The summed E-state index contributed by atoms with van der Waals surface area (Å²) < 4.78 is 11.0. The van der Waals surface area contributed by atoms with Gasteiger partial charge in [0.2, 0.25) is 0 Å². The van der Waals surface area contributed by atoms with Gasteiger partial charge in [-0.05, 0) is 18.2 Å². The quantitative estimate of drug-likeness (QED) is 0.303. The van der Waals surface area contributed by atoms with Gasteiger partial charge in [-0.25, -0.2) is 0 Å². The Bertz CT molecular complexity index is 390. The second-order valence-electron chi connectivity index (χ2n) is 3.23. The normalized spacial score (nSPS) is 15.9. The van der Waals surface area contributed by atoms with Crippen LogP contribution in [-0.2, 0) is 0 Å². The SMILES string of the molecule is NN=C(N)c1ccc2c(c1)OCCCO2. The third-order valence-corrected chi connectivity index (χ3v) is 2.18. The molecule has 80 valence electrons. The van der Waals surface area contributed by atoms with Crippen LogP contribution in [0.25, 0.3) is 0 Å². The number of nitrogens with two attached hydrogens (primary N) is 2. The van der Waals surface area contributed by atoms with Gasteiger partial charge < -0.3 is 21.1 Å². The molecule has 0 unspecified atom stereocenters. The Morgan fingerprint density at radius 1 is 1.20 bits per heavy atom. The van der Waals surface area contributed by atoms with E-state index in [0.717, 1.165) is 17.7 Å². The van der Waals surface area contributed by atoms with Crippen molar-refractivity contribution in [2.24, 2.45) is 16.7 Å². The zero-order chi connectivity index (χ0) is 10.7. The molecule has 1 aromatic rings. The van der Waals surface area contributed by atoms with Crippen LogP contribution >= 0.6 is 0 Å². The van der Waals surface area contributed by atoms with Crippen molar-refractivity contribution in [1.82, 2.24) is 0 Å². The minimum atomic E-state index is 0.283. The number of ether oxygens (including phenoxy) is 2. The molecule has 0 bridgehead atoms. The summed E-state index contributed by atoms with van der Waals surface area (Å²) in [5.74, 6) is 6.81. The molecule has 1 aromatic carbocycles. The first kappa shape index (κ1) is 9.64. The molecule has 0 amide bonds. The number of hydrogen-bond acceptors (Lipinski definition) is 4. The third-order valence-electron chi connectivity index (χ3n) is 2.18. The fourth-order valence-corrected chi connectivity index (χ4v) is 1.40. The highest BCUT2D eigenvalue weighted by atomic mass is 16.5. The number of amidine groups is 1. The average molecular weight is 207 g/mol. The number of benzene rings is 1. The average Bonchev–Trinajstić information content (AvgIpc) is 2.51. The van der Waals surface area contributed by atoms with E-state index in [9.17, 15) is 0 Å². The van der Waals surface area contributed by atoms with E-state index in [2.05, 4.69) is 5.10 Å². The summed E-state index contributed by atoms with van der Waals surface area (Å²) in [4.78, 5) is 0. The highest BCUT2D eigenvalue weighted by Gasteiger charge is 2.11. The molecule has 4 N–H and O–H groups in total. The van der Waals surface area contributed by atoms with Crippen LogP contribution in [-0.4, -0.2) is 19.0 Å². The van der Waals surface area contributed by atoms with Crippen LogP contribution in [0.2, 0.25) is 0 Å². The fraction of sp³-hybridized carbons (Fsp3) is 0.300. The molecule has 5 heteroatoms. The number of fused-ring (bicyclic) bond motifs is 1. The van der Waals surface area contributed by atoms with E-state index in [0.29, 0.717) is 19.0 Å². The van der Waals surface area contributed by atoms with Gasteiger partial charge in [0.25, 0.3) is 0 Å². The molecule has 15 heavy (non-hydrogen) atoms. The van der Waals surface area contributed by atoms with Gasteiger partial charge in [-0.3, -0.25) is 0 Å². The molecular weight excluding hydrogens is 194 g/mol. The third kappa shape index (κ3) is 1.96. The fourth-order valence-electron chi connectivity index (χ4n) is 1.40. The first-order chi connectivity index (χ1) is 7.31. The van der Waals surface area contributed by atoms with Crippen LogP contribution in [0.5, 0.6) is 11.5 Å².